The number of halogens is 2. The summed E-state index contributed by atoms with van der Waals surface area (Å²) in [4.78, 5) is 11.6. The summed E-state index contributed by atoms with van der Waals surface area (Å²) in [5.74, 6) is 0. The summed E-state index contributed by atoms with van der Waals surface area (Å²) in [6.07, 6.45) is 3.94. The Hall–Kier alpha value is -0.340. The Balaban J connectivity index is 2.45. The topological polar surface area (TPSA) is 17.1 Å². The van der Waals surface area contributed by atoms with Gasteiger partial charge in [0.15, 0.2) is 0 Å². The third-order valence-corrected chi connectivity index (χ3v) is 4.07. The van der Waals surface area contributed by atoms with Gasteiger partial charge in [0.05, 0.1) is 5.41 Å². The molecule has 0 heterocycles. The highest BCUT2D eigenvalue weighted by Gasteiger charge is 2.41. The molecular formula is C12H12BrClO. The molecule has 15 heavy (non-hydrogen) atoms. The zero-order chi connectivity index (χ0) is 10.9. The molecule has 1 aliphatic rings. The van der Waals surface area contributed by atoms with Crippen LogP contribution in [0, 0.1) is 0 Å². The molecule has 1 nitrogen and oxygen atoms in total. The molecule has 0 aliphatic heterocycles. The molecule has 0 radical (unpaired) electrons. The van der Waals surface area contributed by atoms with Crippen LogP contribution in [0.4, 0.5) is 0 Å². The lowest BCUT2D eigenvalue weighted by Gasteiger charge is -2.25. The Morgan fingerprint density at radius 1 is 1.33 bits per heavy atom. The van der Waals surface area contributed by atoms with Gasteiger partial charge in [0.2, 0.25) is 5.24 Å². The molecule has 1 saturated carbocycles. The van der Waals surface area contributed by atoms with Gasteiger partial charge >= 0.3 is 0 Å². The summed E-state index contributed by atoms with van der Waals surface area (Å²) in [5, 5.41) is -0.210. The molecule has 1 fully saturated rings. The van der Waals surface area contributed by atoms with Crippen LogP contribution in [0.5, 0.6) is 0 Å². The summed E-state index contributed by atoms with van der Waals surface area (Å²) in [5.41, 5.74) is 0.625. The van der Waals surface area contributed by atoms with E-state index in [1.165, 1.54) is 0 Å². The van der Waals surface area contributed by atoms with E-state index >= 15 is 0 Å². The number of rotatable bonds is 2. The Morgan fingerprint density at radius 3 is 2.53 bits per heavy atom. The molecule has 0 N–H and O–H groups in total. The first kappa shape index (κ1) is 11.2. The molecule has 2 rings (SSSR count). The maximum absolute atomic E-state index is 11.6. The van der Waals surface area contributed by atoms with E-state index in [-0.39, 0.29) is 5.24 Å². The molecule has 0 spiro atoms. The van der Waals surface area contributed by atoms with Gasteiger partial charge in [-0.2, -0.15) is 0 Å². The lowest BCUT2D eigenvalue weighted by molar-refractivity contribution is -0.116. The van der Waals surface area contributed by atoms with Crippen molar-refractivity contribution < 1.29 is 4.79 Å². The lowest BCUT2D eigenvalue weighted by atomic mass is 9.80. The van der Waals surface area contributed by atoms with Crippen LogP contribution >= 0.6 is 27.5 Å². The number of hydrogen-bond acceptors (Lipinski definition) is 1. The van der Waals surface area contributed by atoms with Gasteiger partial charge in [-0.1, -0.05) is 40.9 Å². The molecule has 1 aromatic carbocycles. The van der Waals surface area contributed by atoms with Crippen LogP contribution < -0.4 is 0 Å². The summed E-state index contributed by atoms with van der Waals surface area (Å²) in [6, 6.07) is 7.92. The second-order valence-corrected chi connectivity index (χ2v) is 5.33. The predicted molar refractivity (Wildman–Crippen MR) is 65.1 cm³/mol. The van der Waals surface area contributed by atoms with E-state index in [0.29, 0.717) is 0 Å². The Bertz CT molecular complexity index is 383. The molecule has 1 aliphatic carbocycles. The van der Waals surface area contributed by atoms with Crippen molar-refractivity contribution in [1.29, 1.82) is 0 Å². The van der Waals surface area contributed by atoms with E-state index in [4.69, 9.17) is 11.6 Å². The Kier molecular flexibility index (Phi) is 3.17. The normalized spacial score (nSPS) is 19.1. The summed E-state index contributed by atoms with van der Waals surface area (Å²) in [6.45, 7) is 0. The van der Waals surface area contributed by atoms with Crippen molar-refractivity contribution in [3.8, 4) is 0 Å². The lowest BCUT2D eigenvalue weighted by Crippen LogP contribution is -2.29. The Labute approximate surface area is 103 Å². The highest BCUT2D eigenvalue weighted by atomic mass is 79.9. The summed E-state index contributed by atoms with van der Waals surface area (Å²) < 4.78 is 1.00. The highest BCUT2D eigenvalue weighted by molar-refractivity contribution is 9.10. The smallest absolute Gasteiger partial charge is 0.232 e. The van der Waals surface area contributed by atoms with E-state index in [9.17, 15) is 4.79 Å². The quantitative estimate of drug-likeness (QED) is 0.751. The predicted octanol–water partition coefficient (Wildman–Crippen LogP) is 4.03. The molecule has 80 valence electrons. The zero-order valence-electron chi connectivity index (χ0n) is 8.30. The fourth-order valence-electron chi connectivity index (χ4n) is 2.36. The number of hydrogen-bond donors (Lipinski definition) is 0. The van der Waals surface area contributed by atoms with Crippen LogP contribution in [0.2, 0.25) is 0 Å². The van der Waals surface area contributed by atoms with Gasteiger partial charge in [-0.3, -0.25) is 4.79 Å². The third kappa shape index (κ3) is 1.98. The average molecular weight is 288 g/mol. The molecular weight excluding hydrogens is 275 g/mol. The first-order valence-electron chi connectivity index (χ1n) is 5.11. The molecule has 0 bridgehead atoms. The second-order valence-electron chi connectivity index (χ2n) is 4.07. The van der Waals surface area contributed by atoms with Gasteiger partial charge in [-0.15, -0.1) is 0 Å². The van der Waals surface area contributed by atoms with E-state index in [2.05, 4.69) is 15.9 Å². The van der Waals surface area contributed by atoms with E-state index in [0.717, 1.165) is 35.7 Å². The van der Waals surface area contributed by atoms with Crippen molar-refractivity contribution in [2.45, 2.75) is 31.1 Å². The van der Waals surface area contributed by atoms with E-state index < -0.39 is 5.41 Å². The van der Waals surface area contributed by atoms with Gasteiger partial charge in [0.25, 0.3) is 0 Å². The van der Waals surface area contributed by atoms with Crippen molar-refractivity contribution in [3.05, 3.63) is 34.3 Å². The SMILES string of the molecule is O=C(Cl)C1(c2cccc(Br)c2)CCCC1. The molecule has 3 heteroatoms. The first-order chi connectivity index (χ1) is 7.15. The minimum absolute atomic E-state index is 0.210. The Morgan fingerprint density at radius 2 is 2.00 bits per heavy atom. The summed E-state index contributed by atoms with van der Waals surface area (Å²) in [7, 11) is 0. The molecule has 0 unspecified atom stereocenters. The third-order valence-electron chi connectivity index (χ3n) is 3.21. The van der Waals surface area contributed by atoms with Crippen LogP contribution in [-0.4, -0.2) is 5.24 Å². The minimum Gasteiger partial charge on any atom is -0.280 e. The van der Waals surface area contributed by atoms with E-state index in [1.807, 2.05) is 24.3 Å². The van der Waals surface area contributed by atoms with Crippen LogP contribution in [0.25, 0.3) is 0 Å². The van der Waals surface area contributed by atoms with Crippen molar-refractivity contribution in [2.75, 3.05) is 0 Å². The fraction of sp³-hybridized carbons (Fsp3) is 0.417. The monoisotopic (exact) mass is 286 g/mol. The standard InChI is InChI=1S/C12H12BrClO/c13-10-5-3-4-9(8-10)12(11(14)15)6-1-2-7-12/h3-5,8H,1-2,6-7H2. The maximum atomic E-state index is 11.6. The highest BCUT2D eigenvalue weighted by Crippen LogP contribution is 2.43. The second kappa shape index (κ2) is 4.26. The van der Waals surface area contributed by atoms with Gasteiger partial charge in [-0.05, 0) is 42.1 Å². The number of carbonyl (C=O) groups is 1. The number of carbonyl (C=O) groups excluding carboxylic acids is 1. The van der Waals surface area contributed by atoms with Crippen LogP contribution in [0.15, 0.2) is 28.7 Å². The fourth-order valence-corrected chi connectivity index (χ4v) is 3.06. The molecule has 0 atom stereocenters. The van der Waals surface area contributed by atoms with Crippen molar-refractivity contribution in [2.24, 2.45) is 0 Å². The zero-order valence-corrected chi connectivity index (χ0v) is 10.6. The van der Waals surface area contributed by atoms with Gasteiger partial charge < -0.3 is 0 Å². The average Bonchev–Trinajstić information content (AvgIpc) is 2.67. The van der Waals surface area contributed by atoms with Gasteiger partial charge in [0.1, 0.15) is 0 Å². The van der Waals surface area contributed by atoms with Crippen LogP contribution in [0.3, 0.4) is 0 Å². The molecule has 1 aromatic rings. The van der Waals surface area contributed by atoms with Crippen LogP contribution in [0.1, 0.15) is 31.2 Å². The van der Waals surface area contributed by atoms with Gasteiger partial charge in [-0.25, -0.2) is 0 Å². The van der Waals surface area contributed by atoms with Crippen LogP contribution in [-0.2, 0) is 10.2 Å². The van der Waals surface area contributed by atoms with E-state index in [1.54, 1.807) is 0 Å². The van der Waals surface area contributed by atoms with Gasteiger partial charge in [0, 0.05) is 4.47 Å². The maximum Gasteiger partial charge on any atom is 0.232 e. The summed E-state index contributed by atoms with van der Waals surface area (Å²) >= 11 is 9.20. The minimum atomic E-state index is -0.425. The molecule has 0 amide bonds. The van der Waals surface area contributed by atoms with Crippen molar-refractivity contribution in [1.82, 2.24) is 0 Å². The molecule has 0 aromatic heterocycles. The first-order valence-corrected chi connectivity index (χ1v) is 6.28. The molecule has 0 saturated heterocycles. The number of benzene rings is 1. The largest absolute Gasteiger partial charge is 0.280 e. The van der Waals surface area contributed by atoms with Crippen molar-refractivity contribution >= 4 is 32.8 Å². The van der Waals surface area contributed by atoms with Crippen molar-refractivity contribution in [3.63, 3.8) is 0 Å².